The Morgan fingerprint density at radius 1 is 1.28 bits per heavy atom. The summed E-state index contributed by atoms with van der Waals surface area (Å²) < 4.78 is 23.5. The SMILES string of the molecule is COCCCCOc1ccc(F)cc1C#CCO. The molecule has 0 aliphatic heterocycles. The number of benzene rings is 1. The van der Waals surface area contributed by atoms with Gasteiger partial charge in [-0.05, 0) is 31.0 Å². The summed E-state index contributed by atoms with van der Waals surface area (Å²) in [6.07, 6.45) is 1.77. The van der Waals surface area contributed by atoms with E-state index in [2.05, 4.69) is 11.8 Å². The van der Waals surface area contributed by atoms with E-state index >= 15 is 0 Å². The van der Waals surface area contributed by atoms with E-state index in [0.717, 1.165) is 12.8 Å². The molecule has 0 unspecified atom stereocenters. The lowest BCUT2D eigenvalue weighted by Gasteiger charge is -2.08. The van der Waals surface area contributed by atoms with E-state index in [9.17, 15) is 4.39 Å². The summed E-state index contributed by atoms with van der Waals surface area (Å²) in [5, 5.41) is 8.64. The van der Waals surface area contributed by atoms with Crippen LogP contribution in [-0.4, -0.2) is 32.0 Å². The van der Waals surface area contributed by atoms with Gasteiger partial charge in [-0.25, -0.2) is 4.39 Å². The highest BCUT2D eigenvalue weighted by Gasteiger charge is 2.03. The topological polar surface area (TPSA) is 38.7 Å². The molecule has 0 fully saturated rings. The summed E-state index contributed by atoms with van der Waals surface area (Å²) in [5.41, 5.74) is 0.454. The zero-order valence-corrected chi connectivity index (χ0v) is 10.4. The lowest BCUT2D eigenvalue weighted by Crippen LogP contribution is -2.01. The Balaban J connectivity index is 2.58. The van der Waals surface area contributed by atoms with E-state index in [-0.39, 0.29) is 12.4 Å². The smallest absolute Gasteiger partial charge is 0.135 e. The summed E-state index contributed by atoms with van der Waals surface area (Å²) in [4.78, 5) is 0. The Hall–Kier alpha value is -1.57. The van der Waals surface area contributed by atoms with Crippen LogP contribution in [0.5, 0.6) is 5.75 Å². The van der Waals surface area contributed by atoms with E-state index in [0.29, 0.717) is 24.5 Å². The minimum absolute atomic E-state index is 0.260. The Morgan fingerprint density at radius 2 is 2.06 bits per heavy atom. The number of hydrogen-bond acceptors (Lipinski definition) is 3. The van der Waals surface area contributed by atoms with Crippen LogP contribution in [0, 0.1) is 17.7 Å². The lowest BCUT2D eigenvalue weighted by atomic mass is 10.2. The van der Waals surface area contributed by atoms with Gasteiger partial charge in [0, 0.05) is 13.7 Å². The van der Waals surface area contributed by atoms with E-state index in [1.54, 1.807) is 13.2 Å². The number of aliphatic hydroxyl groups is 1. The summed E-state index contributed by atoms with van der Waals surface area (Å²) in [5.74, 6) is 5.31. The van der Waals surface area contributed by atoms with Gasteiger partial charge in [-0.3, -0.25) is 0 Å². The van der Waals surface area contributed by atoms with Crippen molar-refractivity contribution in [3.05, 3.63) is 29.6 Å². The van der Waals surface area contributed by atoms with Crippen LogP contribution in [0.25, 0.3) is 0 Å². The molecule has 0 aromatic heterocycles. The molecule has 0 aliphatic rings. The molecule has 1 aromatic carbocycles. The van der Waals surface area contributed by atoms with Gasteiger partial charge in [-0.1, -0.05) is 11.8 Å². The number of aliphatic hydroxyl groups excluding tert-OH is 1. The van der Waals surface area contributed by atoms with Crippen LogP contribution in [0.2, 0.25) is 0 Å². The summed E-state index contributed by atoms with van der Waals surface area (Å²) in [7, 11) is 1.66. The first-order chi connectivity index (χ1) is 8.77. The molecular weight excluding hydrogens is 235 g/mol. The maximum absolute atomic E-state index is 13.1. The third-order valence-corrected chi connectivity index (χ3v) is 2.24. The van der Waals surface area contributed by atoms with Crippen LogP contribution in [0.4, 0.5) is 4.39 Å². The van der Waals surface area contributed by atoms with Crippen LogP contribution in [0.3, 0.4) is 0 Å². The van der Waals surface area contributed by atoms with Crippen LogP contribution < -0.4 is 4.74 Å². The molecule has 0 aliphatic carbocycles. The average Bonchev–Trinajstić information content (AvgIpc) is 2.38. The molecule has 0 saturated carbocycles. The van der Waals surface area contributed by atoms with Crippen molar-refractivity contribution in [2.24, 2.45) is 0 Å². The van der Waals surface area contributed by atoms with Crippen molar-refractivity contribution in [1.29, 1.82) is 0 Å². The number of unbranched alkanes of at least 4 members (excludes halogenated alkanes) is 1. The zero-order chi connectivity index (χ0) is 13.2. The third kappa shape index (κ3) is 5.17. The molecule has 3 nitrogen and oxygen atoms in total. The highest BCUT2D eigenvalue weighted by Crippen LogP contribution is 2.19. The van der Waals surface area contributed by atoms with Crippen molar-refractivity contribution in [2.75, 3.05) is 26.9 Å². The van der Waals surface area contributed by atoms with Crippen LogP contribution >= 0.6 is 0 Å². The summed E-state index contributed by atoms with van der Waals surface area (Å²) >= 11 is 0. The fourth-order valence-corrected chi connectivity index (χ4v) is 1.39. The molecule has 0 atom stereocenters. The van der Waals surface area contributed by atoms with Crippen molar-refractivity contribution in [1.82, 2.24) is 0 Å². The molecule has 4 heteroatoms. The normalized spacial score (nSPS) is 9.72. The highest BCUT2D eigenvalue weighted by molar-refractivity contribution is 5.46. The number of halogens is 1. The van der Waals surface area contributed by atoms with Gasteiger partial charge in [-0.2, -0.15) is 0 Å². The van der Waals surface area contributed by atoms with Crippen LogP contribution in [0.15, 0.2) is 18.2 Å². The van der Waals surface area contributed by atoms with E-state index in [4.69, 9.17) is 14.6 Å². The predicted octanol–water partition coefficient (Wildman–Crippen LogP) is 1.97. The van der Waals surface area contributed by atoms with Crippen LogP contribution in [0.1, 0.15) is 18.4 Å². The van der Waals surface area contributed by atoms with Crippen molar-refractivity contribution < 1.29 is 19.0 Å². The van der Waals surface area contributed by atoms with Gasteiger partial charge in [0.25, 0.3) is 0 Å². The molecule has 1 N–H and O–H groups in total. The van der Waals surface area contributed by atoms with E-state index < -0.39 is 0 Å². The highest BCUT2D eigenvalue weighted by atomic mass is 19.1. The van der Waals surface area contributed by atoms with Gasteiger partial charge in [-0.15, -0.1) is 0 Å². The van der Waals surface area contributed by atoms with Crippen molar-refractivity contribution in [2.45, 2.75) is 12.8 Å². The van der Waals surface area contributed by atoms with Gasteiger partial charge in [0.1, 0.15) is 18.2 Å². The zero-order valence-electron chi connectivity index (χ0n) is 10.4. The van der Waals surface area contributed by atoms with Gasteiger partial charge < -0.3 is 14.6 Å². The number of ether oxygens (including phenoxy) is 2. The van der Waals surface area contributed by atoms with Crippen molar-refractivity contribution >= 4 is 0 Å². The minimum atomic E-state index is -0.371. The molecule has 18 heavy (non-hydrogen) atoms. The molecule has 0 saturated heterocycles. The second-order valence-electron chi connectivity index (χ2n) is 3.65. The van der Waals surface area contributed by atoms with Gasteiger partial charge in [0.2, 0.25) is 0 Å². The largest absolute Gasteiger partial charge is 0.492 e. The van der Waals surface area contributed by atoms with Gasteiger partial charge >= 0.3 is 0 Å². The summed E-state index contributed by atoms with van der Waals surface area (Å²) in [6, 6.07) is 4.18. The molecule has 0 amide bonds. The van der Waals surface area contributed by atoms with Crippen molar-refractivity contribution in [3.63, 3.8) is 0 Å². The molecule has 98 valence electrons. The maximum Gasteiger partial charge on any atom is 0.135 e. The second kappa shape index (κ2) is 8.51. The molecule has 0 spiro atoms. The first-order valence-electron chi connectivity index (χ1n) is 5.79. The molecule has 1 aromatic rings. The minimum Gasteiger partial charge on any atom is -0.492 e. The Bertz CT molecular complexity index is 421. The first kappa shape index (κ1) is 14.5. The summed E-state index contributed by atoms with van der Waals surface area (Å²) in [6.45, 7) is 0.969. The Morgan fingerprint density at radius 3 is 2.78 bits per heavy atom. The number of rotatable bonds is 6. The Labute approximate surface area is 107 Å². The quantitative estimate of drug-likeness (QED) is 0.621. The molecule has 0 radical (unpaired) electrons. The standard InChI is InChI=1S/C14H17FO3/c1-17-9-2-3-10-18-14-7-6-13(15)11-12(14)5-4-8-16/h6-7,11,16H,2-3,8-10H2,1H3. The molecule has 1 rings (SSSR count). The Kier molecular flexibility index (Phi) is 6.85. The van der Waals surface area contributed by atoms with Gasteiger partial charge in [0.05, 0.1) is 12.2 Å². The van der Waals surface area contributed by atoms with Gasteiger partial charge in [0.15, 0.2) is 0 Å². The first-order valence-corrected chi connectivity index (χ1v) is 5.79. The number of hydrogen-bond donors (Lipinski definition) is 1. The number of methoxy groups -OCH3 is 1. The average molecular weight is 252 g/mol. The van der Waals surface area contributed by atoms with E-state index in [1.807, 2.05) is 0 Å². The molecule has 0 bridgehead atoms. The predicted molar refractivity (Wildman–Crippen MR) is 67.0 cm³/mol. The van der Waals surface area contributed by atoms with Crippen LogP contribution in [-0.2, 0) is 4.74 Å². The molecular formula is C14H17FO3. The van der Waals surface area contributed by atoms with Crippen molar-refractivity contribution in [3.8, 4) is 17.6 Å². The second-order valence-corrected chi connectivity index (χ2v) is 3.65. The monoisotopic (exact) mass is 252 g/mol. The fourth-order valence-electron chi connectivity index (χ4n) is 1.39. The van der Waals surface area contributed by atoms with E-state index in [1.165, 1.54) is 12.1 Å². The fraction of sp³-hybridized carbons (Fsp3) is 0.429. The maximum atomic E-state index is 13.1. The lowest BCUT2D eigenvalue weighted by molar-refractivity contribution is 0.184. The third-order valence-electron chi connectivity index (χ3n) is 2.24. The molecule has 0 heterocycles.